The number of carbonyl (C=O) groups excluding carboxylic acids is 1. The normalized spacial score (nSPS) is 14.8. The van der Waals surface area contributed by atoms with Crippen LogP contribution in [-0.2, 0) is 9.53 Å². The van der Waals surface area contributed by atoms with Crippen molar-refractivity contribution in [2.45, 2.75) is 24.9 Å². The molecule has 0 N–H and O–H groups in total. The summed E-state index contributed by atoms with van der Waals surface area (Å²) in [4.78, 5) is 10.5. The second-order valence-corrected chi connectivity index (χ2v) is 3.00. The number of carbonyl (C=O) groups is 1. The van der Waals surface area contributed by atoms with E-state index < -0.39 is 29.6 Å². The molecule has 0 aliphatic rings. The minimum absolute atomic E-state index is 0.125. The molecule has 17 heavy (non-hydrogen) atoms. The topological polar surface area (TPSA) is 26.3 Å². The molecule has 0 aromatic carbocycles. The van der Waals surface area contributed by atoms with E-state index in [1.54, 1.807) is 0 Å². The summed E-state index contributed by atoms with van der Waals surface area (Å²) >= 11 is 0. The second kappa shape index (κ2) is 4.53. The maximum Gasteiger partial charge on any atom is 0.460 e. The van der Waals surface area contributed by atoms with Gasteiger partial charge in [-0.3, -0.25) is 0 Å². The van der Waals surface area contributed by atoms with Gasteiger partial charge in [-0.2, -0.15) is 30.7 Å². The van der Waals surface area contributed by atoms with Crippen LogP contribution in [0.3, 0.4) is 0 Å². The predicted molar refractivity (Wildman–Crippen MR) is 41.7 cm³/mol. The van der Waals surface area contributed by atoms with Crippen LogP contribution in [-0.4, -0.2) is 31.1 Å². The maximum absolute atomic E-state index is 12.8. The molecule has 0 aliphatic heterocycles. The average molecular weight is 268 g/mol. The molecule has 0 aromatic heterocycles. The fourth-order valence-corrected chi connectivity index (χ4v) is 0.752. The first kappa shape index (κ1) is 15.7. The number of methoxy groups -OCH3 is 1. The van der Waals surface area contributed by atoms with E-state index in [9.17, 15) is 35.5 Å². The molecule has 0 heterocycles. The second-order valence-electron chi connectivity index (χ2n) is 3.00. The van der Waals surface area contributed by atoms with Gasteiger partial charge in [0.2, 0.25) is 0 Å². The summed E-state index contributed by atoms with van der Waals surface area (Å²) in [5.74, 6) is -13.3. The Hall–Kier alpha value is -1.28. The number of halogens is 7. The number of hydrogen-bond acceptors (Lipinski definition) is 2. The van der Waals surface area contributed by atoms with Gasteiger partial charge in [-0.15, -0.1) is 0 Å². The standard InChI is InChI=1S/C8H7F7O2/c1-4(3-5(16)17-2)6(9,10)7(11,12)8(13,14)15/h3H,1-2H3/b4-3+. The van der Waals surface area contributed by atoms with Crippen LogP contribution in [0.1, 0.15) is 6.92 Å². The minimum atomic E-state index is -6.43. The predicted octanol–water partition coefficient (Wildman–Crippen LogP) is 2.94. The molecule has 0 fully saturated rings. The van der Waals surface area contributed by atoms with E-state index >= 15 is 0 Å². The molecule has 2 nitrogen and oxygen atoms in total. The highest BCUT2D eigenvalue weighted by Crippen LogP contribution is 2.49. The molecular formula is C8H7F7O2. The summed E-state index contributed by atoms with van der Waals surface area (Å²) < 4.78 is 89.6. The SMILES string of the molecule is COC(=O)/C=C(\C)C(F)(F)C(F)(F)C(F)(F)F. The first-order valence-corrected chi connectivity index (χ1v) is 3.97. The van der Waals surface area contributed by atoms with Gasteiger partial charge in [0.25, 0.3) is 0 Å². The largest absolute Gasteiger partial charge is 0.466 e. The van der Waals surface area contributed by atoms with Gasteiger partial charge >= 0.3 is 24.0 Å². The highest BCUT2D eigenvalue weighted by Gasteiger charge is 2.73. The van der Waals surface area contributed by atoms with Gasteiger partial charge in [0, 0.05) is 11.6 Å². The van der Waals surface area contributed by atoms with Crippen molar-refractivity contribution in [3.8, 4) is 0 Å². The molecule has 0 rings (SSSR count). The van der Waals surface area contributed by atoms with Gasteiger partial charge in [0.05, 0.1) is 7.11 Å². The molecule has 0 radical (unpaired) electrons. The zero-order valence-corrected chi connectivity index (χ0v) is 8.54. The molecule has 0 aromatic rings. The first-order valence-electron chi connectivity index (χ1n) is 3.97. The summed E-state index contributed by atoms with van der Waals surface area (Å²) in [7, 11) is 0.756. The van der Waals surface area contributed by atoms with Crippen LogP contribution >= 0.6 is 0 Å². The van der Waals surface area contributed by atoms with Crippen molar-refractivity contribution < 1.29 is 40.3 Å². The Kier molecular flexibility index (Phi) is 4.19. The third-order valence-electron chi connectivity index (χ3n) is 1.78. The van der Waals surface area contributed by atoms with E-state index in [0.717, 1.165) is 7.11 Å². The van der Waals surface area contributed by atoms with E-state index in [0.29, 0.717) is 0 Å². The number of rotatable bonds is 3. The minimum Gasteiger partial charge on any atom is -0.466 e. The number of ether oxygens (including phenoxy) is 1. The zero-order valence-electron chi connectivity index (χ0n) is 8.54. The van der Waals surface area contributed by atoms with Crippen molar-refractivity contribution in [2.24, 2.45) is 0 Å². The lowest BCUT2D eigenvalue weighted by molar-refractivity contribution is -0.344. The number of allylic oxidation sites excluding steroid dienone is 1. The van der Waals surface area contributed by atoms with Gasteiger partial charge in [-0.25, -0.2) is 4.79 Å². The molecule has 0 bridgehead atoms. The van der Waals surface area contributed by atoms with Crippen LogP contribution < -0.4 is 0 Å². The molecule has 0 aliphatic carbocycles. The Morgan fingerprint density at radius 2 is 1.47 bits per heavy atom. The van der Waals surface area contributed by atoms with Crippen molar-refractivity contribution in [3.05, 3.63) is 11.6 Å². The van der Waals surface area contributed by atoms with Gasteiger partial charge in [-0.1, -0.05) is 0 Å². The van der Waals surface area contributed by atoms with Crippen LogP contribution in [0, 0.1) is 0 Å². The lowest BCUT2D eigenvalue weighted by Crippen LogP contribution is -2.52. The summed E-state index contributed by atoms with van der Waals surface area (Å²) in [5, 5.41) is 0. The monoisotopic (exact) mass is 268 g/mol. The van der Waals surface area contributed by atoms with Crippen LogP contribution in [0.2, 0.25) is 0 Å². The van der Waals surface area contributed by atoms with Crippen LogP contribution in [0.15, 0.2) is 11.6 Å². The lowest BCUT2D eigenvalue weighted by Gasteiger charge is -2.28. The molecule has 0 saturated heterocycles. The third kappa shape index (κ3) is 2.89. The highest BCUT2D eigenvalue weighted by atomic mass is 19.4. The fourth-order valence-electron chi connectivity index (χ4n) is 0.752. The van der Waals surface area contributed by atoms with E-state index in [1.165, 1.54) is 0 Å². The summed E-state index contributed by atoms with van der Waals surface area (Å²) in [6, 6.07) is 0. The lowest BCUT2D eigenvalue weighted by atomic mass is 10.0. The van der Waals surface area contributed by atoms with Crippen molar-refractivity contribution in [3.63, 3.8) is 0 Å². The molecule has 0 saturated carbocycles. The summed E-state index contributed by atoms with van der Waals surface area (Å²) in [6.45, 7) is 0.274. The first-order chi connectivity index (χ1) is 7.38. The van der Waals surface area contributed by atoms with Crippen molar-refractivity contribution in [2.75, 3.05) is 7.11 Å². The van der Waals surface area contributed by atoms with Gasteiger partial charge in [-0.05, 0) is 6.92 Å². The molecule has 0 amide bonds. The maximum atomic E-state index is 12.8. The van der Waals surface area contributed by atoms with Crippen molar-refractivity contribution >= 4 is 5.97 Å². The highest BCUT2D eigenvalue weighted by molar-refractivity contribution is 5.82. The molecule has 0 spiro atoms. The average Bonchev–Trinajstić information content (AvgIpc) is 2.15. The van der Waals surface area contributed by atoms with Gasteiger partial charge in [0.15, 0.2) is 0 Å². The van der Waals surface area contributed by atoms with Crippen molar-refractivity contribution in [1.82, 2.24) is 0 Å². The fraction of sp³-hybridized carbons (Fsp3) is 0.625. The summed E-state index contributed by atoms with van der Waals surface area (Å²) in [6.07, 6.45) is -6.55. The Bertz CT molecular complexity index is 329. The number of hydrogen-bond donors (Lipinski definition) is 0. The van der Waals surface area contributed by atoms with Crippen LogP contribution in [0.5, 0.6) is 0 Å². The molecule has 0 unspecified atom stereocenters. The Morgan fingerprint density at radius 1 is 1.06 bits per heavy atom. The Labute approximate surface area is 91.0 Å². The van der Waals surface area contributed by atoms with Crippen LogP contribution in [0.25, 0.3) is 0 Å². The smallest absolute Gasteiger partial charge is 0.460 e. The molecule has 9 heteroatoms. The third-order valence-corrected chi connectivity index (χ3v) is 1.78. The Balaban J connectivity index is 5.42. The number of alkyl halides is 7. The van der Waals surface area contributed by atoms with E-state index in [-0.39, 0.29) is 13.0 Å². The van der Waals surface area contributed by atoms with E-state index in [2.05, 4.69) is 4.74 Å². The van der Waals surface area contributed by atoms with E-state index in [1.807, 2.05) is 0 Å². The van der Waals surface area contributed by atoms with Gasteiger partial charge < -0.3 is 4.74 Å². The quantitative estimate of drug-likeness (QED) is 0.447. The molecule has 100 valence electrons. The zero-order chi connectivity index (χ0) is 14.1. The van der Waals surface area contributed by atoms with Crippen LogP contribution in [0.4, 0.5) is 30.7 Å². The number of esters is 1. The van der Waals surface area contributed by atoms with Gasteiger partial charge in [0.1, 0.15) is 0 Å². The van der Waals surface area contributed by atoms with Crippen molar-refractivity contribution in [1.29, 1.82) is 0 Å². The molecular weight excluding hydrogens is 261 g/mol. The Morgan fingerprint density at radius 3 is 1.76 bits per heavy atom. The van der Waals surface area contributed by atoms with E-state index in [4.69, 9.17) is 0 Å². The summed E-state index contributed by atoms with van der Waals surface area (Å²) in [5.41, 5.74) is -1.74. The molecule has 0 atom stereocenters.